The van der Waals surface area contributed by atoms with E-state index in [1.54, 1.807) is 0 Å². The summed E-state index contributed by atoms with van der Waals surface area (Å²) in [6.07, 6.45) is 5.06. The van der Waals surface area contributed by atoms with Crippen molar-refractivity contribution < 1.29 is 0 Å². The van der Waals surface area contributed by atoms with E-state index in [2.05, 4.69) is 46.1 Å². The van der Waals surface area contributed by atoms with Crippen LogP contribution in [-0.2, 0) is 13.0 Å². The van der Waals surface area contributed by atoms with Crippen molar-refractivity contribution in [3.05, 3.63) is 53.6 Å². The lowest BCUT2D eigenvalue weighted by Crippen LogP contribution is -2.40. The van der Waals surface area contributed by atoms with Gasteiger partial charge in [-0.15, -0.1) is 0 Å². The fraction of sp³-hybridized carbons (Fsp3) is 0.400. The van der Waals surface area contributed by atoms with E-state index >= 15 is 0 Å². The third-order valence-corrected chi connectivity index (χ3v) is 3.78. The van der Waals surface area contributed by atoms with E-state index in [4.69, 9.17) is 0 Å². The van der Waals surface area contributed by atoms with Gasteiger partial charge in [0.05, 0.1) is 6.33 Å². The summed E-state index contributed by atoms with van der Waals surface area (Å²) in [5, 5.41) is 3.32. The molecular weight excluding hydrogens is 222 g/mol. The molecule has 18 heavy (non-hydrogen) atoms. The van der Waals surface area contributed by atoms with Crippen molar-refractivity contribution >= 4 is 0 Å². The van der Waals surface area contributed by atoms with Crippen LogP contribution >= 0.6 is 0 Å². The summed E-state index contributed by atoms with van der Waals surface area (Å²) in [4.78, 5) is 4.31. The highest BCUT2D eigenvalue weighted by Gasteiger charge is 2.22. The molecule has 3 rings (SSSR count). The van der Waals surface area contributed by atoms with E-state index in [0.29, 0.717) is 5.92 Å². The van der Waals surface area contributed by atoms with E-state index < -0.39 is 0 Å². The number of rotatable bonds is 4. The second kappa shape index (κ2) is 4.94. The molecule has 94 valence electrons. The van der Waals surface area contributed by atoms with Gasteiger partial charge in [-0.05, 0) is 17.5 Å². The molecule has 1 fully saturated rings. The second-order valence-electron chi connectivity index (χ2n) is 4.92. The first-order chi connectivity index (χ1) is 8.88. The van der Waals surface area contributed by atoms with E-state index in [-0.39, 0.29) is 0 Å². The molecule has 1 saturated heterocycles. The van der Waals surface area contributed by atoms with Crippen LogP contribution in [0, 0.1) is 0 Å². The molecular formula is C15H19N3. The van der Waals surface area contributed by atoms with E-state index in [1.165, 1.54) is 16.8 Å². The molecule has 0 bridgehead atoms. The highest BCUT2D eigenvalue weighted by molar-refractivity contribution is 5.28. The lowest BCUT2D eigenvalue weighted by atomic mass is 9.99. The topological polar surface area (TPSA) is 29.9 Å². The number of nitrogens with zero attached hydrogens (tertiary/aromatic N) is 2. The fourth-order valence-corrected chi connectivity index (χ4v) is 2.54. The summed E-state index contributed by atoms with van der Waals surface area (Å²) in [7, 11) is 0. The molecule has 3 heteroatoms. The first kappa shape index (κ1) is 11.5. The van der Waals surface area contributed by atoms with E-state index in [1.807, 2.05) is 12.5 Å². The zero-order valence-corrected chi connectivity index (χ0v) is 10.8. The lowest BCUT2D eigenvalue weighted by Gasteiger charge is -2.28. The average Bonchev–Trinajstić information content (AvgIpc) is 2.76. The molecule has 0 atom stereocenters. The second-order valence-corrected chi connectivity index (χ2v) is 4.92. The van der Waals surface area contributed by atoms with Gasteiger partial charge in [0.15, 0.2) is 0 Å². The van der Waals surface area contributed by atoms with Gasteiger partial charge >= 0.3 is 0 Å². The van der Waals surface area contributed by atoms with Crippen LogP contribution in [0.25, 0.3) is 0 Å². The van der Waals surface area contributed by atoms with Gasteiger partial charge in [0.1, 0.15) is 0 Å². The summed E-state index contributed by atoms with van der Waals surface area (Å²) in [5.74, 6) is 0.640. The Morgan fingerprint density at radius 1 is 1.28 bits per heavy atom. The van der Waals surface area contributed by atoms with E-state index in [0.717, 1.165) is 26.1 Å². The number of imidazole rings is 1. The Morgan fingerprint density at radius 2 is 2.06 bits per heavy atom. The molecule has 1 N–H and O–H groups in total. The van der Waals surface area contributed by atoms with Gasteiger partial charge in [-0.3, -0.25) is 0 Å². The summed E-state index contributed by atoms with van der Waals surface area (Å²) in [5.41, 5.74) is 4.20. The Bertz CT molecular complexity index is 526. The van der Waals surface area contributed by atoms with Gasteiger partial charge in [0, 0.05) is 37.4 Å². The molecule has 1 aromatic heterocycles. The smallest absolute Gasteiger partial charge is 0.0951 e. The predicted octanol–water partition coefficient (Wildman–Crippen LogP) is 2.18. The normalized spacial score (nSPS) is 15.6. The van der Waals surface area contributed by atoms with Gasteiger partial charge in [0.25, 0.3) is 0 Å². The summed E-state index contributed by atoms with van der Waals surface area (Å²) in [6.45, 7) is 5.32. The van der Waals surface area contributed by atoms with Gasteiger partial charge in [-0.2, -0.15) is 0 Å². The van der Waals surface area contributed by atoms with Crippen molar-refractivity contribution in [3.8, 4) is 0 Å². The average molecular weight is 241 g/mol. The van der Waals surface area contributed by atoms with Crippen LogP contribution in [0.15, 0.2) is 36.8 Å². The van der Waals surface area contributed by atoms with Crippen molar-refractivity contribution in [1.29, 1.82) is 0 Å². The third kappa shape index (κ3) is 2.06. The Hall–Kier alpha value is -1.61. The Kier molecular flexibility index (Phi) is 3.15. The molecule has 3 nitrogen and oxygen atoms in total. The van der Waals surface area contributed by atoms with Gasteiger partial charge in [-0.1, -0.05) is 31.2 Å². The standard InChI is InChI=1S/C15H19N3/c1-2-12-5-3-4-6-13(12)10-18-11-17-9-15(18)14-7-16-8-14/h3-6,9,11,14,16H,2,7-8,10H2,1H3. The van der Waals surface area contributed by atoms with Crippen LogP contribution in [0.5, 0.6) is 0 Å². The molecule has 0 amide bonds. The maximum absolute atomic E-state index is 4.31. The zero-order chi connectivity index (χ0) is 12.4. The minimum atomic E-state index is 0.640. The monoisotopic (exact) mass is 241 g/mol. The maximum Gasteiger partial charge on any atom is 0.0951 e. The Morgan fingerprint density at radius 3 is 2.72 bits per heavy atom. The zero-order valence-electron chi connectivity index (χ0n) is 10.8. The number of aromatic nitrogens is 2. The lowest BCUT2D eigenvalue weighted by molar-refractivity contribution is 0.427. The Labute approximate surface area is 108 Å². The number of hydrogen-bond acceptors (Lipinski definition) is 2. The molecule has 0 unspecified atom stereocenters. The number of aryl methyl sites for hydroxylation is 1. The SMILES string of the molecule is CCc1ccccc1Cn1cncc1C1CNC1. The molecule has 0 spiro atoms. The van der Waals surface area contributed by atoms with Crippen LogP contribution in [0.1, 0.15) is 29.7 Å². The predicted molar refractivity (Wildman–Crippen MR) is 72.8 cm³/mol. The molecule has 0 aliphatic carbocycles. The van der Waals surface area contributed by atoms with Gasteiger partial charge in [-0.25, -0.2) is 4.98 Å². The Balaban J connectivity index is 1.85. The number of benzene rings is 1. The minimum Gasteiger partial charge on any atom is -0.330 e. The van der Waals surface area contributed by atoms with Crippen LogP contribution in [-0.4, -0.2) is 22.6 Å². The minimum absolute atomic E-state index is 0.640. The van der Waals surface area contributed by atoms with E-state index in [9.17, 15) is 0 Å². The highest BCUT2D eigenvalue weighted by atomic mass is 15.1. The van der Waals surface area contributed by atoms with Crippen LogP contribution in [0.2, 0.25) is 0 Å². The van der Waals surface area contributed by atoms with Crippen molar-refractivity contribution in [2.45, 2.75) is 25.8 Å². The van der Waals surface area contributed by atoms with Gasteiger partial charge in [0.2, 0.25) is 0 Å². The maximum atomic E-state index is 4.31. The molecule has 1 aromatic carbocycles. The van der Waals surface area contributed by atoms with Crippen molar-refractivity contribution in [3.63, 3.8) is 0 Å². The molecule has 2 aromatic rings. The summed E-state index contributed by atoms with van der Waals surface area (Å²) in [6, 6.07) is 8.68. The quantitative estimate of drug-likeness (QED) is 0.889. The van der Waals surface area contributed by atoms with Crippen LogP contribution in [0.4, 0.5) is 0 Å². The highest BCUT2D eigenvalue weighted by Crippen LogP contribution is 2.21. The third-order valence-electron chi connectivity index (χ3n) is 3.78. The largest absolute Gasteiger partial charge is 0.330 e. The van der Waals surface area contributed by atoms with Crippen molar-refractivity contribution in [1.82, 2.24) is 14.9 Å². The molecule has 0 radical (unpaired) electrons. The number of nitrogens with one attached hydrogen (secondary N) is 1. The molecule has 2 heterocycles. The summed E-state index contributed by atoms with van der Waals surface area (Å²) >= 11 is 0. The first-order valence-corrected chi connectivity index (χ1v) is 6.66. The fourth-order valence-electron chi connectivity index (χ4n) is 2.54. The molecule has 0 saturated carbocycles. The first-order valence-electron chi connectivity index (χ1n) is 6.66. The van der Waals surface area contributed by atoms with Crippen LogP contribution < -0.4 is 5.32 Å². The van der Waals surface area contributed by atoms with Gasteiger partial charge < -0.3 is 9.88 Å². The van der Waals surface area contributed by atoms with Crippen molar-refractivity contribution in [2.24, 2.45) is 0 Å². The molecule has 1 aliphatic rings. The summed E-state index contributed by atoms with van der Waals surface area (Å²) < 4.78 is 2.29. The number of hydrogen-bond donors (Lipinski definition) is 1. The van der Waals surface area contributed by atoms with Crippen molar-refractivity contribution in [2.75, 3.05) is 13.1 Å². The van der Waals surface area contributed by atoms with Crippen LogP contribution in [0.3, 0.4) is 0 Å². The molecule has 1 aliphatic heterocycles.